The molecule has 0 bridgehead atoms. The lowest BCUT2D eigenvalue weighted by atomic mass is 10.1. The van der Waals surface area contributed by atoms with Gasteiger partial charge in [0, 0.05) is 12.6 Å². The fraction of sp³-hybridized carbons (Fsp3) is 0.600. The van der Waals surface area contributed by atoms with E-state index in [9.17, 15) is 9.59 Å². The molecule has 0 spiro atoms. The van der Waals surface area contributed by atoms with Gasteiger partial charge in [0.25, 0.3) is 0 Å². The third kappa shape index (κ3) is 2.80. The number of carbonyl (C=O) groups excluding carboxylic acids is 1. The second-order valence-electron chi connectivity index (χ2n) is 4.07. The molecule has 0 aromatic carbocycles. The molecule has 7 nitrogen and oxygen atoms in total. The standard InChI is InChI=1S/C10H14N4O3/c15-9(5-13-7-11-6-12-13)14-3-1-2-8(14)4-10(16)17/h6-8H,1-5H2,(H,16,17). The van der Waals surface area contributed by atoms with Crippen molar-refractivity contribution in [1.82, 2.24) is 19.7 Å². The Morgan fingerprint density at radius 3 is 2.94 bits per heavy atom. The zero-order valence-corrected chi connectivity index (χ0v) is 9.32. The van der Waals surface area contributed by atoms with Gasteiger partial charge in [-0.2, -0.15) is 5.10 Å². The number of aromatic nitrogens is 3. The number of carbonyl (C=O) groups is 2. The average molecular weight is 238 g/mol. The fourth-order valence-electron chi connectivity index (χ4n) is 2.12. The van der Waals surface area contributed by atoms with E-state index in [1.165, 1.54) is 17.3 Å². The molecule has 0 radical (unpaired) electrons. The van der Waals surface area contributed by atoms with Crippen molar-refractivity contribution in [3.8, 4) is 0 Å². The van der Waals surface area contributed by atoms with E-state index in [0.717, 1.165) is 12.8 Å². The number of likely N-dealkylation sites (tertiary alicyclic amines) is 1. The summed E-state index contributed by atoms with van der Waals surface area (Å²) in [7, 11) is 0. The molecule has 92 valence electrons. The molecule has 17 heavy (non-hydrogen) atoms. The smallest absolute Gasteiger partial charge is 0.305 e. The SMILES string of the molecule is O=C(O)CC1CCCN1C(=O)Cn1cncn1. The zero-order chi connectivity index (χ0) is 12.3. The Kier molecular flexibility index (Phi) is 3.36. The molecular weight excluding hydrogens is 224 g/mol. The summed E-state index contributed by atoms with van der Waals surface area (Å²) in [5.41, 5.74) is 0. The van der Waals surface area contributed by atoms with E-state index in [0.29, 0.717) is 6.54 Å². The number of carboxylic acid groups (broad SMARTS) is 1. The Bertz CT molecular complexity index is 404. The highest BCUT2D eigenvalue weighted by atomic mass is 16.4. The minimum Gasteiger partial charge on any atom is -0.481 e. The van der Waals surface area contributed by atoms with Gasteiger partial charge in [-0.3, -0.25) is 9.59 Å². The van der Waals surface area contributed by atoms with Crippen LogP contribution in [0.3, 0.4) is 0 Å². The number of rotatable bonds is 4. The van der Waals surface area contributed by atoms with Crippen LogP contribution in [0.1, 0.15) is 19.3 Å². The highest BCUT2D eigenvalue weighted by molar-refractivity contribution is 5.77. The largest absolute Gasteiger partial charge is 0.481 e. The van der Waals surface area contributed by atoms with Crippen molar-refractivity contribution in [2.45, 2.75) is 31.8 Å². The quantitative estimate of drug-likeness (QED) is 0.781. The lowest BCUT2D eigenvalue weighted by molar-refractivity contribution is -0.140. The molecule has 7 heteroatoms. The zero-order valence-electron chi connectivity index (χ0n) is 9.32. The molecule has 0 saturated carbocycles. The van der Waals surface area contributed by atoms with Crippen molar-refractivity contribution < 1.29 is 14.7 Å². The summed E-state index contributed by atoms with van der Waals surface area (Å²) < 4.78 is 1.44. The van der Waals surface area contributed by atoms with E-state index in [2.05, 4.69) is 10.1 Å². The molecule has 1 N–H and O–H groups in total. The summed E-state index contributed by atoms with van der Waals surface area (Å²) in [5.74, 6) is -0.963. The van der Waals surface area contributed by atoms with Gasteiger partial charge in [0.2, 0.25) is 5.91 Å². The van der Waals surface area contributed by atoms with E-state index in [1.54, 1.807) is 4.90 Å². The van der Waals surface area contributed by atoms with E-state index < -0.39 is 5.97 Å². The Morgan fingerprint density at radius 2 is 2.29 bits per heavy atom. The first-order valence-corrected chi connectivity index (χ1v) is 5.50. The third-order valence-electron chi connectivity index (χ3n) is 2.87. The van der Waals surface area contributed by atoms with Crippen LogP contribution in [0.2, 0.25) is 0 Å². The normalized spacial score (nSPS) is 19.5. The first-order valence-electron chi connectivity index (χ1n) is 5.50. The first-order chi connectivity index (χ1) is 8.16. The lowest BCUT2D eigenvalue weighted by Crippen LogP contribution is -2.38. The molecular formula is C10H14N4O3. The average Bonchev–Trinajstić information content (AvgIpc) is 2.87. The molecule has 1 saturated heterocycles. The summed E-state index contributed by atoms with van der Waals surface area (Å²) in [6.45, 7) is 0.752. The Balaban J connectivity index is 1.96. The van der Waals surface area contributed by atoms with Crippen LogP contribution in [0.5, 0.6) is 0 Å². The predicted molar refractivity (Wildman–Crippen MR) is 57.0 cm³/mol. The Labute approximate surface area is 98.0 Å². The topological polar surface area (TPSA) is 88.3 Å². The second-order valence-corrected chi connectivity index (χ2v) is 4.07. The molecule has 1 aromatic heterocycles. The summed E-state index contributed by atoms with van der Waals surface area (Å²) in [6, 6.07) is -0.177. The molecule has 1 unspecified atom stereocenters. The summed E-state index contributed by atoms with van der Waals surface area (Å²) in [4.78, 5) is 28.0. The molecule has 2 heterocycles. The maximum absolute atomic E-state index is 11.9. The van der Waals surface area contributed by atoms with Crippen molar-refractivity contribution in [2.75, 3.05) is 6.54 Å². The van der Waals surface area contributed by atoms with Crippen LogP contribution in [0.4, 0.5) is 0 Å². The van der Waals surface area contributed by atoms with E-state index in [4.69, 9.17) is 5.11 Å². The molecule has 1 fully saturated rings. The molecule has 0 aliphatic carbocycles. The van der Waals surface area contributed by atoms with Gasteiger partial charge in [-0.25, -0.2) is 9.67 Å². The Hall–Kier alpha value is -1.92. The number of nitrogens with zero attached hydrogens (tertiary/aromatic N) is 4. The predicted octanol–water partition coefficient (Wildman–Crippen LogP) is -0.256. The minimum absolute atomic E-state index is 0.0170. The van der Waals surface area contributed by atoms with Gasteiger partial charge >= 0.3 is 5.97 Å². The number of carboxylic acids is 1. The molecule has 2 rings (SSSR count). The van der Waals surface area contributed by atoms with Gasteiger partial charge in [0.05, 0.1) is 6.42 Å². The molecule has 1 aromatic rings. The molecule has 1 aliphatic heterocycles. The van der Waals surface area contributed by atoms with Crippen LogP contribution in [-0.2, 0) is 16.1 Å². The molecule has 1 amide bonds. The summed E-state index contributed by atoms with van der Waals surface area (Å²) in [6.07, 6.45) is 4.48. The van der Waals surface area contributed by atoms with Gasteiger partial charge in [-0.15, -0.1) is 0 Å². The number of hydrogen-bond acceptors (Lipinski definition) is 4. The van der Waals surface area contributed by atoms with Crippen molar-refractivity contribution in [3.63, 3.8) is 0 Å². The van der Waals surface area contributed by atoms with Gasteiger partial charge in [-0.05, 0) is 12.8 Å². The van der Waals surface area contributed by atoms with Crippen molar-refractivity contribution in [3.05, 3.63) is 12.7 Å². The van der Waals surface area contributed by atoms with E-state index >= 15 is 0 Å². The maximum Gasteiger partial charge on any atom is 0.305 e. The second kappa shape index (κ2) is 4.94. The van der Waals surface area contributed by atoms with Crippen LogP contribution < -0.4 is 0 Å². The van der Waals surface area contributed by atoms with Crippen LogP contribution in [0, 0.1) is 0 Å². The van der Waals surface area contributed by atoms with Crippen LogP contribution in [0.25, 0.3) is 0 Å². The fourth-order valence-corrected chi connectivity index (χ4v) is 2.12. The van der Waals surface area contributed by atoms with Gasteiger partial charge in [0.1, 0.15) is 19.2 Å². The van der Waals surface area contributed by atoms with Crippen molar-refractivity contribution >= 4 is 11.9 Å². The minimum atomic E-state index is -0.865. The monoisotopic (exact) mass is 238 g/mol. The Morgan fingerprint density at radius 1 is 1.47 bits per heavy atom. The van der Waals surface area contributed by atoms with Crippen molar-refractivity contribution in [1.29, 1.82) is 0 Å². The lowest BCUT2D eigenvalue weighted by Gasteiger charge is -2.23. The number of aliphatic carboxylic acids is 1. The first kappa shape index (κ1) is 11.6. The van der Waals surface area contributed by atoms with E-state index in [1.807, 2.05) is 0 Å². The molecule has 1 atom stereocenters. The van der Waals surface area contributed by atoms with E-state index in [-0.39, 0.29) is 24.9 Å². The molecule has 1 aliphatic rings. The van der Waals surface area contributed by atoms with Crippen LogP contribution >= 0.6 is 0 Å². The number of hydrogen-bond donors (Lipinski definition) is 1. The summed E-state index contributed by atoms with van der Waals surface area (Å²) >= 11 is 0. The van der Waals surface area contributed by atoms with Gasteiger partial charge in [0.15, 0.2) is 0 Å². The highest BCUT2D eigenvalue weighted by Gasteiger charge is 2.30. The third-order valence-corrected chi connectivity index (χ3v) is 2.87. The highest BCUT2D eigenvalue weighted by Crippen LogP contribution is 2.20. The van der Waals surface area contributed by atoms with Crippen LogP contribution in [-0.4, -0.2) is 49.2 Å². The van der Waals surface area contributed by atoms with Gasteiger partial charge < -0.3 is 10.0 Å². The maximum atomic E-state index is 11.9. The van der Waals surface area contributed by atoms with Gasteiger partial charge in [-0.1, -0.05) is 0 Å². The van der Waals surface area contributed by atoms with Crippen LogP contribution in [0.15, 0.2) is 12.7 Å². The van der Waals surface area contributed by atoms with Crippen molar-refractivity contribution in [2.24, 2.45) is 0 Å². The number of amides is 1. The summed E-state index contributed by atoms with van der Waals surface area (Å²) in [5, 5.41) is 12.6.